The molecule has 1 fully saturated rings. The first-order chi connectivity index (χ1) is 9.49. The largest absolute Gasteiger partial charge is 0.463 e. The zero-order chi connectivity index (χ0) is 15.1. The Hall–Kier alpha value is -1.83. The van der Waals surface area contributed by atoms with Crippen molar-refractivity contribution in [3.63, 3.8) is 0 Å². The number of methoxy groups -OCH3 is 1. The summed E-state index contributed by atoms with van der Waals surface area (Å²) >= 11 is 0. The van der Waals surface area contributed by atoms with Gasteiger partial charge in [0.1, 0.15) is 24.9 Å². The van der Waals surface area contributed by atoms with Crippen molar-refractivity contribution in [3.8, 4) is 0 Å². The highest BCUT2D eigenvalue weighted by atomic mass is 16.6. The summed E-state index contributed by atoms with van der Waals surface area (Å²) in [4.78, 5) is 24.8. The Balaban J connectivity index is 2.90. The molecule has 1 rings (SSSR count). The second kappa shape index (κ2) is 7.68. The van der Waals surface area contributed by atoms with Crippen LogP contribution in [0.15, 0.2) is 5.11 Å². The minimum atomic E-state index is -0.874. The lowest BCUT2D eigenvalue weighted by Crippen LogP contribution is -2.55. The van der Waals surface area contributed by atoms with Crippen LogP contribution in [0.25, 0.3) is 10.4 Å². The van der Waals surface area contributed by atoms with Crippen LogP contribution in [0.4, 0.5) is 0 Å². The molecule has 1 saturated heterocycles. The molecule has 4 atom stereocenters. The molecular weight excluding hydrogens is 270 g/mol. The highest BCUT2D eigenvalue weighted by molar-refractivity contribution is 5.66. The number of hydrogen-bond acceptors (Lipinski definition) is 7. The Labute approximate surface area is 115 Å². The van der Waals surface area contributed by atoms with Gasteiger partial charge in [-0.3, -0.25) is 9.59 Å². The highest BCUT2D eigenvalue weighted by Crippen LogP contribution is 2.24. The van der Waals surface area contributed by atoms with Crippen LogP contribution < -0.4 is 0 Å². The molecule has 0 radical (unpaired) electrons. The summed E-state index contributed by atoms with van der Waals surface area (Å²) in [7, 11) is 1.44. The van der Waals surface area contributed by atoms with Crippen LogP contribution in [-0.2, 0) is 28.5 Å². The number of carbonyl (C=O) groups excluding carboxylic acids is 2. The van der Waals surface area contributed by atoms with Crippen molar-refractivity contribution < 1.29 is 28.5 Å². The van der Waals surface area contributed by atoms with Crippen LogP contribution in [0.1, 0.15) is 13.8 Å². The highest BCUT2D eigenvalue weighted by Gasteiger charge is 2.43. The quantitative estimate of drug-likeness (QED) is 0.315. The Morgan fingerprint density at radius 3 is 2.60 bits per heavy atom. The maximum atomic E-state index is 11.2. The number of ether oxygens (including phenoxy) is 4. The van der Waals surface area contributed by atoms with Gasteiger partial charge in [0.2, 0.25) is 0 Å². The van der Waals surface area contributed by atoms with Gasteiger partial charge in [-0.25, -0.2) is 0 Å². The van der Waals surface area contributed by atoms with Gasteiger partial charge in [0.05, 0.1) is 12.7 Å². The van der Waals surface area contributed by atoms with Gasteiger partial charge in [0.25, 0.3) is 0 Å². The van der Waals surface area contributed by atoms with Crippen LogP contribution >= 0.6 is 0 Å². The molecule has 0 aliphatic carbocycles. The average Bonchev–Trinajstić information content (AvgIpc) is 2.38. The number of carbonyl (C=O) groups is 2. The molecule has 20 heavy (non-hydrogen) atoms. The van der Waals surface area contributed by atoms with E-state index in [1.165, 1.54) is 21.0 Å². The fourth-order valence-corrected chi connectivity index (χ4v) is 1.93. The fourth-order valence-electron chi connectivity index (χ4n) is 1.93. The summed E-state index contributed by atoms with van der Waals surface area (Å²) in [5, 5.41) is 3.61. The zero-order valence-corrected chi connectivity index (χ0v) is 11.5. The molecule has 0 aromatic rings. The normalized spacial score (nSPS) is 29.1. The van der Waals surface area contributed by atoms with E-state index in [4.69, 9.17) is 24.5 Å². The predicted molar refractivity (Wildman–Crippen MR) is 65.7 cm³/mol. The van der Waals surface area contributed by atoms with E-state index in [1.807, 2.05) is 0 Å². The second-order valence-electron chi connectivity index (χ2n) is 4.22. The minimum absolute atomic E-state index is 0.0961. The number of hydrogen-bond donors (Lipinski definition) is 0. The van der Waals surface area contributed by atoms with E-state index in [0.717, 1.165) is 0 Å². The first kappa shape index (κ1) is 16.2. The summed E-state index contributed by atoms with van der Waals surface area (Å²) < 4.78 is 20.6. The van der Waals surface area contributed by atoms with Crippen molar-refractivity contribution in [2.75, 3.05) is 20.3 Å². The minimum Gasteiger partial charge on any atom is -0.463 e. The van der Waals surface area contributed by atoms with Crippen molar-refractivity contribution in [3.05, 3.63) is 10.4 Å². The van der Waals surface area contributed by atoms with Crippen LogP contribution in [0, 0.1) is 0 Å². The zero-order valence-electron chi connectivity index (χ0n) is 11.5. The van der Waals surface area contributed by atoms with E-state index < -0.39 is 36.3 Å². The van der Waals surface area contributed by atoms with Crippen molar-refractivity contribution in [1.82, 2.24) is 0 Å². The van der Waals surface area contributed by atoms with E-state index in [1.54, 1.807) is 0 Å². The SMILES string of the molecule is COC1COC(COC(C)=O)C(OC(C)=O)C1N=[N+]=[N-]. The van der Waals surface area contributed by atoms with Crippen LogP contribution in [0.5, 0.6) is 0 Å². The van der Waals surface area contributed by atoms with Gasteiger partial charge in [0, 0.05) is 25.9 Å². The average molecular weight is 287 g/mol. The number of azide groups is 1. The van der Waals surface area contributed by atoms with Crippen LogP contribution in [0.3, 0.4) is 0 Å². The molecule has 0 N–H and O–H groups in total. The molecule has 9 heteroatoms. The smallest absolute Gasteiger partial charge is 0.303 e. The number of esters is 2. The molecule has 0 amide bonds. The van der Waals surface area contributed by atoms with Crippen molar-refractivity contribution in [2.24, 2.45) is 5.11 Å². The van der Waals surface area contributed by atoms with Gasteiger partial charge in [-0.15, -0.1) is 0 Å². The second-order valence-corrected chi connectivity index (χ2v) is 4.22. The van der Waals surface area contributed by atoms with E-state index in [9.17, 15) is 9.59 Å². The predicted octanol–water partition coefficient (Wildman–Crippen LogP) is 0.574. The van der Waals surface area contributed by atoms with Gasteiger partial charge in [-0.1, -0.05) is 5.11 Å². The van der Waals surface area contributed by atoms with Gasteiger partial charge in [-0.2, -0.15) is 0 Å². The third-order valence-electron chi connectivity index (χ3n) is 2.80. The summed E-state index contributed by atoms with van der Waals surface area (Å²) in [6, 6.07) is -0.747. The van der Waals surface area contributed by atoms with E-state index in [2.05, 4.69) is 10.0 Å². The monoisotopic (exact) mass is 287 g/mol. The molecule has 1 aliphatic heterocycles. The number of nitrogens with zero attached hydrogens (tertiary/aromatic N) is 3. The fraction of sp³-hybridized carbons (Fsp3) is 0.818. The summed E-state index contributed by atoms with van der Waals surface area (Å²) in [5.74, 6) is -1.04. The van der Waals surface area contributed by atoms with E-state index in [-0.39, 0.29) is 13.2 Å². The lowest BCUT2D eigenvalue weighted by molar-refractivity contribution is -0.189. The Morgan fingerprint density at radius 2 is 2.10 bits per heavy atom. The maximum absolute atomic E-state index is 11.2. The molecular formula is C11H17N3O6. The first-order valence-electron chi connectivity index (χ1n) is 5.98. The first-order valence-corrected chi connectivity index (χ1v) is 5.98. The summed E-state index contributed by atoms with van der Waals surface area (Å²) in [6.45, 7) is 2.53. The van der Waals surface area contributed by atoms with E-state index >= 15 is 0 Å². The Morgan fingerprint density at radius 1 is 1.40 bits per heavy atom. The molecule has 1 heterocycles. The Kier molecular flexibility index (Phi) is 6.23. The van der Waals surface area contributed by atoms with Crippen molar-refractivity contribution >= 4 is 11.9 Å². The molecule has 112 valence electrons. The van der Waals surface area contributed by atoms with Crippen molar-refractivity contribution in [1.29, 1.82) is 0 Å². The third kappa shape index (κ3) is 4.37. The maximum Gasteiger partial charge on any atom is 0.303 e. The lowest BCUT2D eigenvalue weighted by atomic mass is 9.98. The van der Waals surface area contributed by atoms with Gasteiger partial charge in [0.15, 0.2) is 0 Å². The lowest BCUT2D eigenvalue weighted by Gasteiger charge is -2.38. The standard InChI is InChI=1S/C11H17N3O6/c1-6(15)18-5-9-11(20-7(2)16)10(13-14-12)8(17-3)4-19-9/h8-11H,4-5H2,1-3H3. The molecule has 0 spiro atoms. The molecule has 0 bridgehead atoms. The Bertz CT molecular complexity index is 409. The molecule has 0 aromatic carbocycles. The summed E-state index contributed by atoms with van der Waals surface area (Å²) in [5.41, 5.74) is 8.62. The third-order valence-corrected chi connectivity index (χ3v) is 2.80. The summed E-state index contributed by atoms with van der Waals surface area (Å²) in [6.07, 6.45) is -2.12. The van der Waals surface area contributed by atoms with Crippen molar-refractivity contribution in [2.45, 2.75) is 38.2 Å². The molecule has 0 aromatic heterocycles. The van der Waals surface area contributed by atoms with Gasteiger partial charge in [-0.05, 0) is 5.53 Å². The van der Waals surface area contributed by atoms with Gasteiger partial charge < -0.3 is 18.9 Å². The molecule has 9 nitrogen and oxygen atoms in total. The molecule has 0 saturated carbocycles. The van der Waals surface area contributed by atoms with Gasteiger partial charge >= 0.3 is 11.9 Å². The van der Waals surface area contributed by atoms with E-state index in [0.29, 0.717) is 0 Å². The topological polar surface area (TPSA) is 120 Å². The molecule has 4 unspecified atom stereocenters. The van der Waals surface area contributed by atoms with Crippen LogP contribution in [0.2, 0.25) is 0 Å². The molecule has 1 aliphatic rings. The number of rotatable bonds is 5. The van der Waals surface area contributed by atoms with Crippen LogP contribution in [-0.4, -0.2) is 56.6 Å².